The van der Waals surface area contributed by atoms with E-state index >= 15 is 0 Å². The smallest absolute Gasteiger partial charge is 0.254 e. The lowest BCUT2D eigenvalue weighted by molar-refractivity contribution is 0.0926. The number of aryl methyl sites for hydroxylation is 2. The van der Waals surface area contributed by atoms with E-state index in [1.807, 2.05) is 18.2 Å². The molecule has 0 radical (unpaired) electrons. The Bertz CT molecular complexity index is 1030. The summed E-state index contributed by atoms with van der Waals surface area (Å²) in [6.07, 6.45) is 4.54. The molecule has 1 amide bonds. The summed E-state index contributed by atoms with van der Waals surface area (Å²) in [7, 11) is 2.06. The maximum absolute atomic E-state index is 13.5. The third-order valence-electron chi connectivity index (χ3n) is 6.44. The monoisotopic (exact) mass is 409 g/mol. The number of amides is 1. The highest BCUT2D eigenvalue weighted by atomic mass is 35.5. The van der Waals surface area contributed by atoms with Crippen molar-refractivity contribution in [3.63, 3.8) is 0 Å². The third-order valence-corrected chi connectivity index (χ3v) is 6.44. The van der Waals surface area contributed by atoms with Crippen LogP contribution in [0.15, 0.2) is 48.5 Å². The number of nitrogens with zero attached hydrogens (tertiary/aromatic N) is 1. The highest BCUT2D eigenvalue weighted by molar-refractivity contribution is 6.13. The molecule has 1 aromatic heterocycles. The zero-order chi connectivity index (χ0) is 19.3. The molecule has 1 unspecified atom stereocenters. The van der Waals surface area contributed by atoms with Crippen LogP contribution in [0.1, 0.15) is 41.6 Å². The molecule has 2 aliphatic rings. The zero-order valence-electron chi connectivity index (χ0n) is 16.9. The van der Waals surface area contributed by atoms with E-state index in [4.69, 9.17) is 0 Å². The summed E-state index contributed by atoms with van der Waals surface area (Å²) in [6, 6.07) is 18.0. The number of benzene rings is 2. The number of rotatable bonds is 3. The van der Waals surface area contributed by atoms with E-state index in [0.717, 1.165) is 40.6 Å². The Balaban J connectivity index is 0.00000205. The summed E-state index contributed by atoms with van der Waals surface area (Å²) in [5.74, 6) is 0.0552. The predicted molar refractivity (Wildman–Crippen MR) is 121 cm³/mol. The van der Waals surface area contributed by atoms with Crippen molar-refractivity contribution in [1.29, 1.82) is 0 Å². The number of carbonyl (C=O) groups excluding carboxylic acids is 1. The summed E-state index contributed by atoms with van der Waals surface area (Å²) >= 11 is 0. The van der Waals surface area contributed by atoms with E-state index in [1.54, 1.807) is 0 Å². The average molecular weight is 410 g/mol. The minimum absolute atomic E-state index is 0. The van der Waals surface area contributed by atoms with Gasteiger partial charge in [0.05, 0.1) is 11.3 Å². The van der Waals surface area contributed by atoms with Crippen LogP contribution in [0, 0.1) is 6.92 Å². The molecule has 5 rings (SSSR count). The fraction of sp³-hybridized carbons (Fsp3) is 0.375. The van der Waals surface area contributed by atoms with Crippen LogP contribution in [0.25, 0.3) is 22.2 Å². The van der Waals surface area contributed by atoms with Crippen molar-refractivity contribution in [2.45, 2.75) is 50.7 Å². The number of nitrogens with one attached hydrogen (secondary N) is 2. The Hall–Kier alpha value is -2.30. The van der Waals surface area contributed by atoms with Gasteiger partial charge in [0.15, 0.2) is 0 Å². The number of fused-ring (bicyclic) bond motifs is 3. The fourth-order valence-electron chi connectivity index (χ4n) is 5.14. The van der Waals surface area contributed by atoms with E-state index in [2.05, 4.69) is 59.5 Å². The number of carbonyl (C=O) groups is 1. The molecular weight excluding hydrogens is 382 g/mol. The first-order chi connectivity index (χ1) is 13.6. The van der Waals surface area contributed by atoms with Crippen molar-refractivity contribution in [2.24, 2.45) is 7.05 Å². The Morgan fingerprint density at radius 2 is 1.76 bits per heavy atom. The molecule has 3 aromatic rings. The molecule has 2 bridgehead atoms. The van der Waals surface area contributed by atoms with Crippen LogP contribution in [0.5, 0.6) is 0 Å². The van der Waals surface area contributed by atoms with Crippen molar-refractivity contribution >= 4 is 29.2 Å². The van der Waals surface area contributed by atoms with Gasteiger partial charge in [-0.15, -0.1) is 12.4 Å². The van der Waals surface area contributed by atoms with Gasteiger partial charge in [-0.2, -0.15) is 0 Å². The standard InChI is InChI=1S/C24H27N3O.ClH/c1-15-8-11-20-21(12-15)27(2)23(16-6-4-3-5-7-16)22(20)24(28)26-19-13-17-9-10-18(14-19)25-17;/h3-8,11-12,17-19,25H,9-10,13-14H2,1-2H3,(H,26,28);1H/t17-,18+,19?;. The largest absolute Gasteiger partial charge is 0.349 e. The molecule has 152 valence electrons. The molecule has 0 saturated carbocycles. The molecule has 0 spiro atoms. The van der Waals surface area contributed by atoms with Crippen molar-refractivity contribution in [3.8, 4) is 11.3 Å². The second-order valence-electron chi connectivity index (χ2n) is 8.45. The summed E-state index contributed by atoms with van der Waals surface area (Å²) < 4.78 is 2.17. The van der Waals surface area contributed by atoms with Gasteiger partial charge in [0.25, 0.3) is 5.91 Å². The molecule has 0 aliphatic carbocycles. The van der Waals surface area contributed by atoms with Gasteiger partial charge in [-0.1, -0.05) is 42.5 Å². The van der Waals surface area contributed by atoms with Gasteiger partial charge >= 0.3 is 0 Å². The number of aromatic nitrogens is 1. The van der Waals surface area contributed by atoms with Crippen LogP contribution >= 0.6 is 12.4 Å². The molecular formula is C24H28ClN3O. The Morgan fingerprint density at radius 1 is 1.07 bits per heavy atom. The second kappa shape index (κ2) is 7.85. The van der Waals surface area contributed by atoms with Crippen molar-refractivity contribution in [1.82, 2.24) is 15.2 Å². The van der Waals surface area contributed by atoms with Crippen LogP contribution in [-0.4, -0.2) is 28.6 Å². The topological polar surface area (TPSA) is 46.1 Å². The van der Waals surface area contributed by atoms with Crippen LogP contribution in [-0.2, 0) is 7.05 Å². The molecule has 2 saturated heterocycles. The van der Waals surface area contributed by atoms with Gasteiger partial charge in [-0.3, -0.25) is 4.79 Å². The van der Waals surface area contributed by atoms with Gasteiger partial charge in [0.1, 0.15) is 0 Å². The number of hydrogen-bond donors (Lipinski definition) is 2. The van der Waals surface area contributed by atoms with Crippen LogP contribution in [0.2, 0.25) is 0 Å². The normalized spacial score (nSPS) is 23.0. The zero-order valence-corrected chi connectivity index (χ0v) is 17.8. The first-order valence-electron chi connectivity index (χ1n) is 10.3. The molecule has 2 fully saturated rings. The Morgan fingerprint density at radius 3 is 2.45 bits per heavy atom. The lowest BCUT2D eigenvalue weighted by atomic mass is 9.98. The first-order valence-corrected chi connectivity index (χ1v) is 10.3. The van der Waals surface area contributed by atoms with E-state index in [1.165, 1.54) is 18.4 Å². The minimum atomic E-state index is 0. The van der Waals surface area contributed by atoms with Crippen molar-refractivity contribution in [3.05, 3.63) is 59.7 Å². The van der Waals surface area contributed by atoms with E-state index in [9.17, 15) is 4.79 Å². The summed E-state index contributed by atoms with van der Waals surface area (Å²) in [5.41, 5.74) is 5.18. The van der Waals surface area contributed by atoms with Gasteiger partial charge in [-0.25, -0.2) is 0 Å². The third kappa shape index (κ3) is 3.56. The Kier molecular flexibility index (Phi) is 5.41. The maximum atomic E-state index is 13.5. The van der Waals surface area contributed by atoms with E-state index in [-0.39, 0.29) is 24.4 Å². The highest BCUT2D eigenvalue weighted by Crippen LogP contribution is 2.34. The molecule has 3 heterocycles. The lowest BCUT2D eigenvalue weighted by Crippen LogP contribution is -2.48. The molecule has 29 heavy (non-hydrogen) atoms. The van der Waals surface area contributed by atoms with Gasteiger partial charge < -0.3 is 15.2 Å². The van der Waals surface area contributed by atoms with Gasteiger partial charge in [-0.05, 0) is 49.8 Å². The van der Waals surface area contributed by atoms with Crippen molar-refractivity contribution < 1.29 is 4.79 Å². The molecule has 5 heteroatoms. The van der Waals surface area contributed by atoms with Crippen LogP contribution < -0.4 is 10.6 Å². The number of hydrogen-bond acceptors (Lipinski definition) is 2. The molecule has 3 atom stereocenters. The summed E-state index contributed by atoms with van der Waals surface area (Å²) in [6.45, 7) is 2.10. The summed E-state index contributed by atoms with van der Waals surface area (Å²) in [4.78, 5) is 13.5. The first kappa shape index (κ1) is 20.0. The quantitative estimate of drug-likeness (QED) is 0.664. The molecule has 4 nitrogen and oxygen atoms in total. The predicted octanol–water partition coefficient (Wildman–Crippen LogP) is 4.59. The highest BCUT2D eigenvalue weighted by Gasteiger charge is 2.35. The van der Waals surface area contributed by atoms with E-state index in [0.29, 0.717) is 12.1 Å². The second-order valence-corrected chi connectivity index (χ2v) is 8.45. The Labute approximate surface area is 178 Å². The minimum Gasteiger partial charge on any atom is -0.349 e. The molecule has 2 aliphatic heterocycles. The molecule has 2 aromatic carbocycles. The number of halogens is 1. The maximum Gasteiger partial charge on any atom is 0.254 e. The summed E-state index contributed by atoms with van der Waals surface area (Å²) in [5, 5.41) is 8.06. The average Bonchev–Trinajstić information content (AvgIpc) is 3.18. The van der Waals surface area contributed by atoms with Crippen LogP contribution in [0.3, 0.4) is 0 Å². The number of piperidine rings is 1. The van der Waals surface area contributed by atoms with E-state index < -0.39 is 0 Å². The van der Waals surface area contributed by atoms with Gasteiger partial charge in [0.2, 0.25) is 0 Å². The van der Waals surface area contributed by atoms with Crippen molar-refractivity contribution in [2.75, 3.05) is 0 Å². The van der Waals surface area contributed by atoms with Crippen LogP contribution in [0.4, 0.5) is 0 Å². The lowest BCUT2D eigenvalue weighted by Gasteiger charge is -2.29. The van der Waals surface area contributed by atoms with Gasteiger partial charge in [0, 0.05) is 36.1 Å². The SMILES string of the molecule is Cc1ccc2c(C(=O)NC3C[C@H]4CC[C@@H](C3)N4)c(-c3ccccc3)n(C)c2c1.Cl. The molecule has 2 N–H and O–H groups in total. The fourth-order valence-corrected chi connectivity index (χ4v) is 5.14.